The van der Waals surface area contributed by atoms with Gasteiger partial charge >= 0.3 is 0 Å². The van der Waals surface area contributed by atoms with E-state index in [1.165, 1.54) is 75.5 Å². The predicted octanol–water partition coefficient (Wildman–Crippen LogP) is 14.8. The number of rotatable bonds is 12. The van der Waals surface area contributed by atoms with Crippen molar-refractivity contribution in [2.24, 2.45) is 9.98 Å². The van der Waals surface area contributed by atoms with Gasteiger partial charge in [-0.25, -0.2) is 0 Å². The monoisotopic (exact) mass is 994 g/mol. The van der Waals surface area contributed by atoms with Crippen LogP contribution in [0, 0.1) is 0 Å². The summed E-state index contributed by atoms with van der Waals surface area (Å²) in [5.41, 5.74) is 14.2. The maximum atomic E-state index is 7.14. The zero-order chi connectivity index (χ0) is 49.0. The lowest BCUT2D eigenvalue weighted by Crippen LogP contribution is -2.17. The summed E-state index contributed by atoms with van der Waals surface area (Å²) in [6.45, 7) is 31.0. The number of benzene rings is 4. The topological polar surface area (TPSA) is 61.6 Å². The molecule has 3 aliphatic rings. The number of methoxy groups -OCH3 is 2. The number of thioether (sulfide) groups is 4. The van der Waals surface area contributed by atoms with Gasteiger partial charge < -0.3 is 18.9 Å². The fourth-order valence-electron chi connectivity index (χ4n) is 9.11. The smallest absolute Gasteiger partial charge is 0.126 e. The molecule has 0 aromatic heterocycles. The van der Waals surface area contributed by atoms with Crippen LogP contribution in [0.3, 0.4) is 0 Å². The minimum Gasteiger partial charge on any atom is -0.496 e. The summed E-state index contributed by atoms with van der Waals surface area (Å²) in [4.78, 5) is 9.38. The number of nitrogens with zero attached hydrogens (tertiary/aromatic N) is 2. The van der Waals surface area contributed by atoms with E-state index < -0.39 is 0 Å². The second-order valence-corrected chi connectivity index (χ2v) is 27.6. The molecule has 10 heteroatoms. The van der Waals surface area contributed by atoms with E-state index in [2.05, 4.69) is 132 Å². The normalized spacial score (nSPS) is 15.6. The van der Waals surface area contributed by atoms with E-state index in [0.717, 1.165) is 71.9 Å². The molecule has 2 aliphatic heterocycles. The summed E-state index contributed by atoms with van der Waals surface area (Å²) in [5, 5.41) is 0. The van der Waals surface area contributed by atoms with Crippen molar-refractivity contribution >= 4 is 55.8 Å². The van der Waals surface area contributed by atoms with Crippen molar-refractivity contribution in [3.05, 3.63) is 115 Å². The summed E-state index contributed by atoms with van der Waals surface area (Å²) < 4.78 is 29.9. The number of aliphatic imine (C=N–C) groups is 2. The van der Waals surface area contributed by atoms with Crippen molar-refractivity contribution < 1.29 is 18.9 Å². The summed E-state index contributed by atoms with van der Waals surface area (Å²) >= 11 is 7.48. The van der Waals surface area contributed by atoms with Crippen molar-refractivity contribution in [3.63, 3.8) is 0 Å². The molecule has 68 heavy (non-hydrogen) atoms. The van der Waals surface area contributed by atoms with Crippen LogP contribution in [0.5, 0.6) is 23.0 Å². The fraction of sp³-hybridized carbons (Fsp3) is 0.552. The lowest BCUT2D eigenvalue weighted by atomic mass is 9.79. The van der Waals surface area contributed by atoms with Crippen LogP contribution < -0.4 is 18.9 Å². The summed E-state index contributed by atoms with van der Waals surface area (Å²) in [7, 11) is 3.70. The highest BCUT2D eigenvalue weighted by molar-refractivity contribution is 8.39. The van der Waals surface area contributed by atoms with Crippen molar-refractivity contribution in [2.75, 3.05) is 63.5 Å². The third kappa shape index (κ3) is 13.2. The number of hydrogen-bond acceptors (Lipinski definition) is 10. The molecule has 0 atom stereocenters. The maximum absolute atomic E-state index is 7.14. The van der Waals surface area contributed by atoms with Gasteiger partial charge in [0.15, 0.2) is 0 Å². The Morgan fingerprint density at radius 2 is 0.691 bits per heavy atom. The van der Waals surface area contributed by atoms with Gasteiger partial charge in [0.25, 0.3) is 0 Å². The lowest BCUT2D eigenvalue weighted by Gasteiger charge is -2.29. The first kappa shape index (κ1) is 52.6. The molecular weight excluding hydrogens is 917 g/mol. The first-order chi connectivity index (χ1) is 32.1. The molecule has 0 N–H and O–H groups in total. The van der Waals surface area contributed by atoms with Crippen LogP contribution in [0.1, 0.15) is 163 Å². The van der Waals surface area contributed by atoms with E-state index in [4.69, 9.17) is 28.9 Å². The minimum absolute atomic E-state index is 0.101. The van der Waals surface area contributed by atoms with Crippen LogP contribution in [-0.2, 0) is 47.3 Å². The quantitative estimate of drug-likeness (QED) is 0.115. The first-order valence-corrected chi connectivity index (χ1v) is 28.7. The Labute approximate surface area is 427 Å². The van der Waals surface area contributed by atoms with E-state index in [-0.39, 0.29) is 21.7 Å². The van der Waals surface area contributed by atoms with E-state index in [9.17, 15) is 0 Å². The Hall–Kier alpha value is -3.18. The van der Waals surface area contributed by atoms with Crippen molar-refractivity contribution in [2.45, 2.75) is 143 Å². The second-order valence-electron chi connectivity index (χ2n) is 22.7. The van der Waals surface area contributed by atoms with E-state index in [1.807, 2.05) is 61.3 Å². The largest absolute Gasteiger partial charge is 0.496 e. The van der Waals surface area contributed by atoms with Gasteiger partial charge in [-0.3, -0.25) is 9.98 Å². The molecule has 0 unspecified atom stereocenters. The highest BCUT2D eigenvalue weighted by Gasteiger charge is 2.29. The number of hydrogen-bond donors (Lipinski definition) is 0. The van der Waals surface area contributed by atoms with Gasteiger partial charge in [-0.15, -0.1) is 0 Å². The number of fused-ring (bicyclic) bond motifs is 8. The van der Waals surface area contributed by atoms with Gasteiger partial charge in [-0.2, -0.15) is 0 Å². The molecule has 7 rings (SSSR count). The molecule has 6 nitrogen and oxygen atoms in total. The third-order valence-corrected chi connectivity index (χ3v) is 17.7. The van der Waals surface area contributed by atoms with Crippen LogP contribution in [0.4, 0.5) is 0 Å². The maximum Gasteiger partial charge on any atom is 0.126 e. The zero-order valence-electron chi connectivity index (χ0n) is 43.7. The Morgan fingerprint density at radius 1 is 0.426 bits per heavy atom. The molecule has 0 saturated heterocycles. The summed E-state index contributed by atoms with van der Waals surface area (Å²) in [6.07, 6.45) is 4.51. The Bertz CT molecular complexity index is 2230. The van der Waals surface area contributed by atoms with E-state index >= 15 is 0 Å². The van der Waals surface area contributed by atoms with Crippen LogP contribution in [0.25, 0.3) is 0 Å². The molecule has 0 spiro atoms. The molecule has 0 saturated carbocycles. The average Bonchev–Trinajstić information content (AvgIpc) is 3.98. The molecule has 2 heterocycles. The van der Waals surface area contributed by atoms with Gasteiger partial charge in [0.2, 0.25) is 0 Å². The van der Waals surface area contributed by atoms with Crippen LogP contribution in [0.2, 0.25) is 0 Å². The SMILES string of the molecule is COc1c2cc(C(C)(C)C)cc1Cc1cc(C(C)(C)C)cc(c1OCCCSC1=NCCS1)Cc1cc(C(C)(C)C)cc(c1OC)Cc1cc(C(C)(C)C)cc(c1OCCCSC1=NCCS1)C2. The van der Waals surface area contributed by atoms with Crippen LogP contribution >= 0.6 is 47.0 Å². The van der Waals surface area contributed by atoms with Gasteiger partial charge in [0, 0.05) is 48.7 Å². The van der Waals surface area contributed by atoms with E-state index in [1.54, 1.807) is 0 Å². The van der Waals surface area contributed by atoms with Gasteiger partial charge in [0.1, 0.15) is 31.7 Å². The Kier molecular flexibility index (Phi) is 17.1. The highest BCUT2D eigenvalue weighted by Crippen LogP contribution is 2.44. The second kappa shape index (κ2) is 22.1. The predicted molar refractivity (Wildman–Crippen MR) is 300 cm³/mol. The molecule has 8 bridgehead atoms. The molecule has 1 aliphatic carbocycles. The molecule has 4 aromatic carbocycles. The molecule has 4 aromatic rings. The summed E-state index contributed by atoms with van der Waals surface area (Å²) in [6, 6.07) is 19.3. The van der Waals surface area contributed by atoms with Crippen LogP contribution in [0.15, 0.2) is 58.5 Å². The van der Waals surface area contributed by atoms with Crippen molar-refractivity contribution in [1.29, 1.82) is 0 Å². The van der Waals surface area contributed by atoms with Gasteiger partial charge in [-0.1, -0.05) is 179 Å². The molecule has 368 valence electrons. The molecule has 0 amide bonds. The number of ether oxygens (including phenoxy) is 4. The molecule has 0 fully saturated rings. The van der Waals surface area contributed by atoms with Crippen molar-refractivity contribution in [3.8, 4) is 23.0 Å². The Balaban J connectivity index is 1.46. The third-order valence-electron chi connectivity index (χ3n) is 13.0. The molecule has 0 radical (unpaired) electrons. The van der Waals surface area contributed by atoms with Gasteiger partial charge in [-0.05, 0) is 101 Å². The van der Waals surface area contributed by atoms with Gasteiger partial charge in [0.05, 0.1) is 40.5 Å². The summed E-state index contributed by atoms with van der Waals surface area (Å²) in [5.74, 6) is 7.95. The molecular formula is C58H78N2O4S4. The standard InChI is InChI=1S/C58H78N2O4S4/c1-55(2,3)45-29-37-25-41-33-47(57(7,8)9)35-43(51(41)63-19-15-21-65-53-59-17-23-67-53)27-39-31-46(56(4,5)6)32-40(50(39)62-14)28-44-36-48(58(10,11)12)34-42(26-38(30-45)49(37)61-13)52(44)64-20-16-22-66-54-60-18-24-68-54/h29-36H,15-28H2,1-14H3. The Morgan fingerprint density at radius 3 is 0.912 bits per heavy atom. The lowest BCUT2D eigenvalue weighted by molar-refractivity contribution is 0.312. The fourth-order valence-corrected chi connectivity index (χ4v) is 13.1. The van der Waals surface area contributed by atoms with Crippen molar-refractivity contribution in [1.82, 2.24) is 0 Å². The average molecular weight is 996 g/mol. The first-order valence-electron chi connectivity index (χ1n) is 24.7. The van der Waals surface area contributed by atoms with E-state index in [0.29, 0.717) is 38.9 Å². The minimum atomic E-state index is -0.102. The highest BCUT2D eigenvalue weighted by atomic mass is 32.2. The zero-order valence-corrected chi connectivity index (χ0v) is 46.9. The van der Waals surface area contributed by atoms with Crippen LogP contribution in [-0.4, -0.2) is 72.3 Å².